The fraction of sp³-hybridized carbons (Fsp3) is 0.625. The van der Waals surface area contributed by atoms with E-state index in [-0.39, 0.29) is 17.3 Å². The lowest BCUT2D eigenvalue weighted by Gasteiger charge is -2.41. The maximum Gasteiger partial charge on any atom is 0.142 e. The molecular formula is C16H23BrFN. The Kier molecular flexibility index (Phi) is 5.02. The van der Waals surface area contributed by atoms with Crippen molar-refractivity contribution < 1.29 is 4.39 Å². The Bertz CT molecular complexity index is 427. The fourth-order valence-electron chi connectivity index (χ4n) is 3.33. The van der Waals surface area contributed by atoms with Gasteiger partial charge in [0.2, 0.25) is 0 Å². The second kappa shape index (κ2) is 6.36. The van der Waals surface area contributed by atoms with E-state index in [1.165, 1.54) is 32.1 Å². The van der Waals surface area contributed by atoms with Crippen LogP contribution >= 0.6 is 15.9 Å². The summed E-state index contributed by atoms with van der Waals surface area (Å²) in [5.74, 6) is -0.111. The summed E-state index contributed by atoms with van der Waals surface area (Å²) in [6.07, 6.45) is 6.19. The molecule has 0 aromatic heterocycles. The minimum absolute atomic E-state index is 0.107. The number of benzene rings is 1. The zero-order valence-electron chi connectivity index (χ0n) is 11.8. The molecule has 1 aliphatic carbocycles. The maximum absolute atomic E-state index is 14.4. The van der Waals surface area contributed by atoms with Crippen LogP contribution in [0.4, 0.5) is 4.39 Å². The van der Waals surface area contributed by atoms with Gasteiger partial charge in [0.1, 0.15) is 5.82 Å². The highest BCUT2D eigenvalue weighted by Crippen LogP contribution is 2.46. The third-order valence-electron chi connectivity index (χ3n) is 4.39. The fourth-order valence-corrected chi connectivity index (χ4v) is 3.71. The van der Waals surface area contributed by atoms with Crippen LogP contribution in [0.25, 0.3) is 0 Å². The first-order valence-corrected chi connectivity index (χ1v) is 8.05. The Morgan fingerprint density at radius 3 is 2.63 bits per heavy atom. The van der Waals surface area contributed by atoms with Gasteiger partial charge in [0.05, 0.1) is 4.47 Å². The summed E-state index contributed by atoms with van der Waals surface area (Å²) >= 11 is 3.30. The molecule has 1 fully saturated rings. The van der Waals surface area contributed by atoms with Crippen LogP contribution in [0.15, 0.2) is 22.7 Å². The van der Waals surface area contributed by atoms with Crippen LogP contribution in [0, 0.1) is 11.2 Å². The number of hydrogen-bond donors (Lipinski definition) is 1. The van der Waals surface area contributed by atoms with Gasteiger partial charge in [-0.15, -0.1) is 0 Å². The van der Waals surface area contributed by atoms with Crippen molar-refractivity contribution in [2.24, 2.45) is 5.41 Å². The van der Waals surface area contributed by atoms with Crippen LogP contribution in [0.1, 0.15) is 57.6 Å². The van der Waals surface area contributed by atoms with Gasteiger partial charge in [0.15, 0.2) is 0 Å². The average molecular weight is 328 g/mol. The molecule has 1 unspecified atom stereocenters. The third-order valence-corrected chi connectivity index (χ3v) is 5.01. The molecule has 0 bridgehead atoms. The zero-order chi connectivity index (χ0) is 13.9. The number of hydrogen-bond acceptors (Lipinski definition) is 1. The average Bonchev–Trinajstić information content (AvgIpc) is 2.40. The summed E-state index contributed by atoms with van der Waals surface area (Å²) in [6, 6.07) is 5.73. The molecule has 0 spiro atoms. The highest BCUT2D eigenvalue weighted by atomic mass is 79.9. The predicted molar refractivity (Wildman–Crippen MR) is 81.7 cm³/mol. The second-order valence-corrected chi connectivity index (χ2v) is 6.70. The first kappa shape index (κ1) is 15.0. The lowest BCUT2D eigenvalue weighted by atomic mass is 9.68. The number of nitrogens with one attached hydrogen (secondary N) is 1. The van der Waals surface area contributed by atoms with Gasteiger partial charge in [-0.05, 0) is 46.8 Å². The normalized spacial score (nSPS) is 20.2. The van der Waals surface area contributed by atoms with Gasteiger partial charge in [-0.1, -0.05) is 45.2 Å². The van der Waals surface area contributed by atoms with Crippen molar-refractivity contribution in [2.75, 3.05) is 6.54 Å². The summed E-state index contributed by atoms with van der Waals surface area (Å²) in [7, 11) is 0. The highest BCUT2D eigenvalue weighted by molar-refractivity contribution is 9.10. The van der Waals surface area contributed by atoms with Crippen LogP contribution in [0.2, 0.25) is 0 Å². The van der Waals surface area contributed by atoms with E-state index in [0.717, 1.165) is 12.1 Å². The summed E-state index contributed by atoms with van der Waals surface area (Å²) in [4.78, 5) is 0. The van der Waals surface area contributed by atoms with E-state index in [9.17, 15) is 4.39 Å². The molecule has 1 aliphatic rings. The van der Waals surface area contributed by atoms with Crippen LogP contribution in [0.3, 0.4) is 0 Å². The van der Waals surface area contributed by atoms with Gasteiger partial charge in [-0.2, -0.15) is 0 Å². The molecule has 1 saturated carbocycles. The number of rotatable bonds is 4. The van der Waals surface area contributed by atoms with Crippen LogP contribution < -0.4 is 5.32 Å². The molecule has 19 heavy (non-hydrogen) atoms. The molecule has 3 heteroatoms. The number of halogens is 2. The molecule has 2 rings (SSSR count). The lowest BCUT2D eigenvalue weighted by Crippen LogP contribution is -2.38. The summed E-state index contributed by atoms with van der Waals surface area (Å²) in [6.45, 7) is 5.26. The molecule has 106 valence electrons. The molecule has 0 heterocycles. The Hall–Kier alpha value is -0.410. The van der Waals surface area contributed by atoms with E-state index in [1.54, 1.807) is 6.07 Å². The Labute approximate surface area is 124 Å². The van der Waals surface area contributed by atoms with Gasteiger partial charge in [-0.3, -0.25) is 0 Å². The van der Waals surface area contributed by atoms with Gasteiger partial charge < -0.3 is 5.32 Å². The van der Waals surface area contributed by atoms with Crippen molar-refractivity contribution >= 4 is 15.9 Å². The van der Waals surface area contributed by atoms with Crippen LogP contribution in [-0.4, -0.2) is 6.54 Å². The minimum atomic E-state index is -0.111. The molecule has 1 atom stereocenters. The van der Waals surface area contributed by atoms with E-state index in [0.29, 0.717) is 4.47 Å². The third kappa shape index (κ3) is 3.19. The second-order valence-electron chi connectivity index (χ2n) is 5.85. The first-order chi connectivity index (χ1) is 9.08. The molecule has 1 nitrogen and oxygen atoms in total. The van der Waals surface area contributed by atoms with Gasteiger partial charge in [0.25, 0.3) is 0 Å². The molecule has 1 aromatic carbocycles. The Morgan fingerprint density at radius 1 is 1.32 bits per heavy atom. The molecule has 0 aliphatic heterocycles. The molecule has 0 radical (unpaired) electrons. The van der Waals surface area contributed by atoms with Crippen molar-refractivity contribution in [1.82, 2.24) is 5.32 Å². The zero-order valence-corrected chi connectivity index (χ0v) is 13.4. The van der Waals surface area contributed by atoms with E-state index in [2.05, 4.69) is 35.1 Å². The van der Waals surface area contributed by atoms with Crippen molar-refractivity contribution in [3.8, 4) is 0 Å². The van der Waals surface area contributed by atoms with E-state index in [1.807, 2.05) is 12.1 Å². The van der Waals surface area contributed by atoms with Gasteiger partial charge in [0, 0.05) is 11.6 Å². The standard InChI is InChI=1S/C16H23BrFN/c1-3-19-15(16(2)10-5-4-6-11-16)12-8-7-9-13(17)14(12)18/h7-9,15,19H,3-6,10-11H2,1-2H3. The van der Waals surface area contributed by atoms with E-state index >= 15 is 0 Å². The molecular weight excluding hydrogens is 305 g/mol. The highest BCUT2D eigenvalue weighted by Gasteiger charge is 2.37. The van der Waals surface area contributed by atoms with Crippen molar-refractivity contribution in [1.29, 1.82) is 0 Å². The van der Waals surface area contributed by atoms with Crippen LogP contribution in [-0.2, 0) is 0 Å². The lowest BCUT2D eigenvalue weighted by molar-refractivity contribution is 0.143. The van der Waals surface area contributed by atoms with E-state index < -0.39 is 0 Å². The first-order valence-electron chi connectivity index (χ1n) is 7.26. The molecule has 1 N–H and O–H groups in total. The molecule has 0 amide bonds. The molecule has 1 aromatic rings. The largest absolute Gasteiger partial charge is 0.310 e. The monoisotopic (exact) mass is 327 g/mol. The minimum Gasteiger partial charge on any atom is -0.310 e. The summed E-state index contributed by atoms with van der Waals surface area (Å²) < 4.78 is 15.0. The van der Waals surface area contributed by atoms with Gasteiger partial charge in [-0.25, -0.2) is 4.39 Å². The van der Waals surface area contributed by atoms with Crippen molar-refractivity contribution in [3.63, 3.8) is 0 Å². The van der Waals surface area contributed by atoms with Crippen molar-refractivity contribution in [3.05, 3.63) is 34.1 Å². The predicted octanol–water partition coefficient (Wildman–Crippen LogP) is 5.21. The summed E-state index contributed by atoms with van der Waals surface area (Å²) in [5, 5.41) is 3.52. The van der Waals surface area contributed by atoms with Crippen LogP contribution in [0.5, 0.6) is 0 Å². The van der Waals surface area contributed by atoms with Crippen molar-refractivity contribution in [2.45, 2.75) is 52.0 Å². The smallest absolute Gasteiger partial charge is 0.142 e. The van der Waals surface area contributed by atoms with Gasteiger partial charge >= 0.3 is 0 Å². The Balaban J connectivity index is 2.36. The SMILES string of the molecule is CCNC(c1cccc(Br)c1F)C1(C)CCCCC1. The molecule has 0 saturated heterocycles. The quantitative estimate of drug-likeness (QED) is 0.800. The summed E-state index contributed by atoms with van der Waals surface area (Å²) in [5.41, 5.74) is 0.969. The topological polar surface area (TPSA) is 12.0 Å². The Morgan fingerprint density at radius 2 is 2.00 bits per heavy atom. The van der Waals surface area contributed by atoms with E-state index in [4.69, 9.17) is 0 Å². The maximum atomic E-state index is 14.4.